The van der Waals surface area contributed by atoms with E-state index in [9.17, 15) is 22.8 Å². The van der Waals surface area contributed by atoms with Crippen LogP contribution in [0.15, 0.2) is 30.5 Å². The first kappa shape index (κ1) is 24.1. The van der Waals surface area contributed by atoms with Crippen molar-refractivity contribution in [3.8, 4) is 5.75 Å². The fraction of sp³-hybridized carbons (Fsp3) is 0.409. The van der Waals surface area contributed by atoms with Gasteiger partial charge in [0.1, 0.15) is 5.75 Å². The van der Waals surface area contributed by atoms with Gasteiger partial charge in [0, 0.05) is 5.56 Å². The molecule has 0 aliphatic carbocycles. The molecule has 0 radical (unpaired) electrons. The molecule has 2 aromatic rings. The summed E-state index contributed by atoms with van der Waals surface area (Å²) in [6.07, 6.45) is -2.85. The number of hydrogen-bond donors (Lipinski definition) is 2. The van der Waals surface area contributed by atoms with Gasteiger partial charge in [0.15, 0.2) is 6.61 Å². The van der Waals surface area contributed by atoms with E-state index in [2.05, 4.69) is 20.4 Å². The number of fused-ring (bicyclic) bond motifs is 2. The molecule has 12 heteroatoms. The first-order chi connectivity index (χ1) is 16.2. The van der Waals surface area contributed by atoms with Crippen LogP contribution in [0.4, 0.5) is 18.9 Å². The van der Waals surface area contributed by atoms with Gasteiger partial charge in [-0.25, -0.2) is 0 Å². The summed E-state index contributed by atoms with van der Waals surface area (Å²) in [5.74, 6) is -2.69. The highest BCUT2D eigenvalue weighted by Gasteiger charge is 2.46. The summed E-state index contributed by atoms with van der Waals surface area (Å²) in [7, 11) is 0. The van der Waals surface area contributed by atoms with E-state index in [1.807, 2.05) is 0 Å². The van der Waals surface area contributed by atoms with Gasteiger partial charge < -0.3 is 24.8 Å². The van der Waals surface area contributed by atoms with Gasteiger partial charge in [0.25, 0.3) is 5.79 Å². The summed E-state index contributed by atoms with van der Waals surface area (Å²) in [5.41, 5.74) is 2.31. The van der Waals surface area contributed by atoms with Crippen LogP contribution in [0, 0.1) is 0 Å². The number of hydrogen-bond acceptors (Lipinski definition) is 8. The van der Waals surface area contributed by atoms with Crippen LogP contribution >= 0.6 is 11.6 Å². The molecule has 4 rings (SSSR count). The molecule has 0 saturated carbocycles. The standard InChI is InChI=1S/C22H21ClF3N3O5/c23-17-4-3-16-15(7-8-27-11-21(16)33-18(30)5-6-19(31)34-21)20(17)29-9-13-1-2-14(10-28-13)32-12-22(24,25)26/h1-4,10,27,29H,5-9,11-12H2. The van der Waals surface area contributed by atoms with Gasteiger partial charge in [-0.05, 0) is 42.8 Å². The van der Waals surface area contributed by atoms with Crippen LogP contribution in [0.3, 0.4) is 0 Å². The van der Waals surface area contributed by atoms with Gasteiger partial charge in [-0.1, -0.05) is 11.6 Å². The van der Waals surface area contributed by atoms with E-state index in [0.29, 0.717) is 40.5 Å². The molecule has 182 valence electrons. The fourth-order valence-corrected chi connectivity index (χ4v) is 4.05. The summed E-state index contributed by atoms with van der Waals surface area (Å²) >= 11 is 6.46. The number of benzene rings is 1. The van der Waals surface area contributed by atoms with E-state index in [-0.39, 0.29) is 31.7 Å². The average Bonchev–Trinajstić information content (AvgIpc) is 3.04. The Morgan fingerprint density at radius 3 is 2.50 bits per heavy atom. The quantitative estimate of drug-likeness (QED) is 0.603. The van der Waals surface area contributed by atoms with Crippen LogP contribution in [0.5, 0.6) is 5.75 Å². The number of pyridine rings is 1. The molecule has 0 bridgehead atoms. The lowest BCUT2D eigenvalue weighted by atomic mass is 9.96. The van der Waals surface area contributed by atoms with Crippen LogP contribution in [-0.2, 0) is 37.8 Å². The number of halogens is 4. The molecule has 0 atom stereocenters. The molecular formula is C22H21ClF3N3O5. The van der Waals surface area contributed by atoms with Crippen molar-refractivity contribution in [1.82, 2.24) is 10.3 Å². The van der Waals surface area contributed by atoms with Crippen molar-refractivity contribution in [1.29, 1.82) is 0 Å². The Kier molecular flexibility index (Phi) is 6.85. The highest BCUT2D eigenvalue weighted by atomic mass is 35.5. The molecule has 2 aliphatic heterocycles. The second kappa shape index (κ2) is 9.67. The van der Waals surface area contributed by atoms with Crippen molar-refractivity contribution in [3.05, 3.63) is 52.3 Å². The van der Waals surface area contributed by atoms with Crippen molar-refractivity contribution in [3.63, 3.8) is 0 Å². The zero-order valence-corrected chi connectivity index (χ0v) is 18.6. The Bertz CT molecular complexity index is 1060. The number of anilines is 1. The van der Waals surface area contributed by atoms with Crippen LogP contribution in [-0.4, -0.2) is 42.8 Å². The van der Waals surface area contributed by atoms with Gasteiger partial charge in [-0.2, -0.15) is 13.2 Å². The summed E-state index contributed by atoms with van der Waals surface area (Å²) in [5, 5.41) is 6.73. The number of rotatable bonds is 5. The van der Waals surface area contributed by atoms with Crippen molar-refractivity contribution < 1.29 is 37.0 Å². The van der Waals surface area contributed by atoms with E-state index < -0.39 is 30.5 Å². The lowest BCUT2D eigenvalue weighted by Gasteiger charge is -2.32. The molecule has 0 amide bonds. The maximum atomic E-state index is 12.3. The molecule has 1 fully saturated rings. The predicted molar refractivity (Wildman–Crippen MR) is 114 cm³/mol. The Hall–Kier alpha value is -3.05. The molecule has 1 aromatic heterocycles. The van der Waals surface area contributed by atoms with Crippen LogP contribution in [0.2, 0.25) is 5.02 Å². The molecule has 0 unspecified atom stereocenters. The third-order valence-corrected chi connectivity index (χ3v) is 5.63. The number of nitrogens with zero attached hydrogens (tertiary/aromatic N) is 1. The van der Waals surface area contributed by atoms with Crippen LogP contribution in [0.25, 0.3) is 0 Å². The third kappa shape index (κ3) is 5.53. The number of carbonyl (C=O) groups excluding carboxylic acids is 2. The number of carbonyl (C=O) groups is 2. The normalized spacial score (nSPS) is 17.8. The van der Waals surface area contributed by atoms with Gasteiger partial charge >= 0.3 is 18.1 Å². The lowest BCUT2D eigenvalue weighted by molar-refractivity contribution is -0.225. The molecule has 2 aliphatic rings. The number of aromatic nitrogens is 1. The van der Waals surface area contributed by atoms with Crippen LogP contribution < -0.4 is 15.4 Å². The van der Waals surface area contributed by atoms with Crippen LogP contribution in [0.1, 0.15) is 29.7 Å². The molecular weight excluding hydrogens is 479 g/mol. The Morgan fingerprint density at radius 1 is 1.12 bits per heavy atom. The second-order valence-electron chi connectivity index (χ2n) is 7.82. The molecule has 1 saturated heterocycles. The highest BCUT2D eigenvalue weighted by molar-refractivity contribution is 6.33. The third-order valence-electron chi connectivity index (χ3n) is 5.32. The minimum atomic E-state index is -4.44. The second-order valence-corrected chi connectivity index (χ2v) is 8.23. The van der Waals surface area contributed by atoms with Gasteiger partial charge in [0.2, 0.25) is 0 Å². The van der Waals surface area contributed by atoms with E-state index in [1.54, 1.807) is 12.1 Å². The van der Waals surface area contributed by atoms with E-state index in [4.69, 9.17) is 21.1 Å². The zero-order chi connectivity index (χ0) is 24.3. The summed E-state index contributed by atoms with van der Waals surface area (Å²) in [4.78, 5) is 28.5. The molecule has 2 N–H and O–H groups in total. The maximum absolute atomic E-state index is 12.3. The maximum Gasteiger partial charge on any atom is 0.422 e. The van der Waals surface area contributed by atoms with Crippen molar-refractivity contribution in [2.45, 2.75) is 37.8 Å². The predicted octanol–water partition coefficient (Wildman–Crippen LogP) is 3.47. The largest absolute Gasteiger partial charge is 0.483 e. The van der Waals surface area contributed by atoms with E-state index in [0.717, 1.165) is 0 Å². The highest BCUT2D eigenvalue weighted by Crippen LogP contribution is 2.40. The molecule has 3 heterocycles. The van der Waals surface area contributed by atoms with Crippen molar-refractivity contribution in [2.24, 2.45) is 0 Å². The minimum Gasteiger partial charge on any atom is -0.483 e. The molecule has 34 heavy (non-hydrogen) atoms. The number of ether oxygens (including phenoxy) is 3. The first-order valence-electron chi connectivity index (χ1n) is 10.5. The Labute approximate surface area is 197 Å². The fourth-order valence-electron chi connectivity index (χ4n) is 3.81. The molecule has 1 aromatic carbocycles. The average molecular weight is 500 g/mol. The number of esters is 2. The Balaban J connectivity index is 1.57. The number of nitrogens with one attached hydrogen (secondary N) is 2. The topological polar surface area (TPSA) is 98.8 Å². The monoisotopic (exact) mass is 499 g/mol. The van der Waals surface area contributed by atoms with Gasteiger partial charge in [-0.3, -0.25) is 14.6 Å². The smallest absolute Gasteiger partial charge is 0.422 e. The molecule has 1 spiro atoms. The summed E-state index contributed by atoms with van der Waals surface area (Å²) in [6.45, 7) is -0.583. The Morgan fingerprint density at radius 2 is 1.85 bits per heavy atom. The SMILES string of the molecule is O=C1CCC(=O)OC2(CNCCc3c2ccc(Cl)c3NCc2ccc(OCC(F)(F)F)cn2)O1. The first-order valence-corrected chi connectivity index (χ1v) is 10.9. The van der Waals surface area contributed by atoms with Gasteiger partial charge in [0.05, 0.1) is 48.5 Å². The van der Waals surface area contributed by atoms with E-state index in [1.165, 1.54) is 18.3 Å². The van der Waals surface area contributed by atoms with Gasteiger partial charge in [-0.15, -0.1) is 0 Å². The molecule has 8 nitrogen and oxygen atoms in total. The van der Waals surface area contributed by atoms with Crippen molar-refractivity contribution in [2.75, 3.05) is 25.0 Å². The minimum absolute atomic E-state index is 0.00213. The lowest BCUT2D eigenvalue weighted by Crippen LogP contribution is -2.43. The zero-order valence-electron chi connectivity index (χ0n) is 17.8. The number of alkyl halides is 3. The summed E-state index contributed by atoms with van der Waals surface area (Å²) < 4.78 is 52.8. The summed E-state index contributed by atoms with van der Waals surface area (Å²) in [6, 6.07) is 6.22. The van der Waals surface area contributed by atoms with Crippen molar-refractivity contribution >= 4 is 29.2 Å². The van der Waals surface area contributed by atoms with E-state index >= 15 is 0 Å².